The number of hydrogen-bond acceptors (Lipinski definition) is 7. The lowest BCUT2D eigenvalue weighted by molar-refractivity contribution is 0.0761. The number of fused-ring (bicyclic) bond motifs is 1. The summed E-state index contributed by atoms with van der Waals surface area (Å²) in [5.74, 6) is 2.02. The molecule has 28 heavy (non-hydrogen) atoms. The van der Waals surface area contributed by atoms with Crippen LogP contribution >= 0.6 is 11.3 Å². The van der Waals surface area contributed by atoms with E-state index in [0.717, 1.165) is 16.7 Å². The van der Waals surface area contributed by atoms with Gasteiger partial charge in [0.25, 0.3) is 11.8 Å². The van der Waals surface area contributed by atoms with Crippen molar-refractivity contribution in [1.29, 1.82) is 0 Å². The molecule has 7 nitrogen and oxygen atoms in total. The Kier molecular flexibility index (Phi) is 4.12. The van der Waals surface area contributed by atoms with E-state index in [0.29, 0.717) is 41.9 Å². The van der Waals surface area contributed by atoms with Crippen LogP contribution in [0.5, 0.6) is 5.75 Å². The number of furan rings is 1. The average Bonchev–Trinajstić information content (AvgIpc) is 3.50. The molecule has 1 aliphatic heterocycles. The Labute approximate surface area is 164 Å². The van der Waals surface area contributed by atoms with Gasteiger partial charge in [-0.05, 0) is 30.0 Å². The first-order valence-electron chi connectivity index (χ1n) is 8.96. The number of nitrogens with zero attached hydrogens (tertiary/aromatic N) is 3. The van der Waals surface area contributed by atoms with Crippen LogP contribution in [0, 0.1) is 0 Å². The van der Waals surface area contributed by atoms with Crippen LogP contribution in [0.3, 0.4) is 0 Å². The van der Waals surface area contributed by atoms with Crippen molar-refractivity contribution in [1.82, 2.24) is 15.0 Å². The molecule has 0 saturated carbocycles. The smallest absolute Gasteiger partial charge is 0.289 e. The van der Waals surface area contributed by atoms with E-state index in [2.05, 4.69) is 10.1 Å². The summed E-state index contributed by atoms with van der Waals surface area (Å²) < 4.78 is 16.5. The van der Waals surface area contributed by atoms with Crippen LogP contribution in [0.2, 0.25) is 0 Å². The second kappa shape index (κ2) is 6.79. The third-order valence-corrected chi connectivity index (χ3v) is 5.81. The molecule has 1 saturated heterocycles. The Hall–Kier alpha value is -3.13. The standard InChI is InChI=1S/C20H17N3O4S/c1-25-14-5-2-4-12-10-15(26-17(12)14)20(24)23-8-7-13(11-23)18-21-19(27-22-18)16-6-3-9-28-16/h2-6,9-10,13H,7-8,11H2,1H3. The first kappa shape index (κ1) is 17.0. The van der Waals surface area contributed by atoms with Crippen molar-refractivity contribution in [3.05, 3.63) is 53.4 Å². The van der Waals surface area contributed by atoms with E-state index in [1.165, 1.54) is 0 Å². The summed E-state index contributed by atoms with van der Waals surface area (Å²) >= 11 is 1.56. The van der Waals surface area contributed by atoms with Crippen LogP contribution in [0.25, 0.3) is 21.7 Å². The maximum Gasteiger partial charge on any atom is 0.289 e. The summed E-state index contributed by atoms with van der Waals surface area (Å²) in [5, 5.41) is 6.94. The Bertz CT molecular complexity index is 1130. The predicted molar refractivity (Wildman–Crippen MR) is 104 cm³/mol. The number of carbonyl (C=O) groups excluding carboxylic acids is 1. The van der Waals surface area contributed by atoms with E-state index in [-0.39, 0.29) is 11.8 Å². The molecule has 1 unspecified atom stereocenters. The zero-order valence-corrected chi connectivity index (χ0v) is 15.9. The fourth-order valence-corrected chi connectivity index (χ4v) is 4.16. The molecule has 3 aromatic heterocycles. The van der Waals surface area contributed by atoms with Gasteiger partial charge >= 0.3 is 0 Å². The van der Waals surface area contributed by atoms with Gasteiger partial charge < -0.3 is 18.6 Å². The highest BCUT2D eigenvalue weighted by atomic mass is 32.1. The number of amides is 1. The molecule has 0 spiro atoms. The summed E-state index contributed by atoms with van der Waals surface area (Å²) in [4.78, 5) is 20.1. The summed E-state index contributed by atoms with van der Waals surface area (Å²) in [6, 6.07) is 11.2. The quantitative estimate of drug-likeness (QED) is 0.516. The van der Waals surface area contributed by atoms with Crippen LogP contribution in [-0.4, -0.2) is 41.1 Å². The maximum absolute atomic E-state index is 12.9. The highest BCUT2D eigenvalue weighted by Crippen LogP contribution is 2.32. The highest BCUT2D eigenvalue weighted by molar-refractivity contribution is 7.13. The number of likely N-dealkylation sites (tertiary alicyclic amines) is 1. The fourth-order valence-electron chi connectivity index (χ4n) is 3.51. The minimum atomic E-state index is -0.136. The number of benzene rings is 1. The van der Waals surface area contributed by atoms with Gasteiger partial charge in [-0.15, -0.1) is 11.3 Å². The van der Waals surface area contributed by atoms with Gasteiger partial charge in [0.15, 0.2) is 22.9 Å². The molecule has 1 atom stereocenters. The van der Waals surface area contributed by atoms with Crippen molar-refractivity contribution >= 4 is 28.2 Å². The first-order chi connectivity index (χ1) is 13.7. The van der Waals surface area contributed by atoms with E-state index >= 15 is 0 Å². The second-order valence-electron chi connectivity index (χ2n) is 6.66. The summed E-state index contributed by atoms with van der Waals surface area (Å²) in [7, 11) is 1.58. The van der Waals surface area contributed by atoms with Crippen LogP contribution in [0.4, 0.5) is 0 Å². The van der Waals surface area contributed by atoms with Crippen molar-refractivity contribution in [2.75, 3.05) is 20.2 Å². The van der Waals surface area contributed by atoms with Gasteiger partial charge in [-0.2, -0.15) is 4.98 Å². The molecule has 5 rings (SSSR count). The average molecular weight is 395 g/mol. The molecule has 1 aliphatic rings. The monoisotopic (exact) mass is 395 g/mol. The number of aromatic nitrogens is 2. The molecule has 1 aromatic carbocycles. The van der Waals surface area contributed by atoms with E-state index < -0.39 is 0 Å². The molecule has 4 heterocycles. The van der Waals surface area contributed by atoms with Crippen molar-refractivity contribution in [2.45, 2.75) is 12.3 Å². The molecule has 1 amide bonds. The minimum Gasteiger partial charge on any atom is -0.493 e. The van der Waals surface area contributed by atoms with Crippen LogP contribution in [-0.2, 0) is 0 Å². The van der Waals surface area contributed by atoms with Gasteiger partial charge in [-0.1, -0.05) is 23.4 Å². The number of carbonyl (C=O) groups is 1. The molecule has 4 aromatic rings. The van der Waals surface area contributed by atoms with E-state index in [4.69, 9.17) is 13.7 Å². The molecule has 0 radical (unpaired) electrons. The molecule has 0 bridgehead atoms. The second-order valence-corrected chi connectivity index (χ2v) is 7.61. The van der Waals surface area contributed by atoms with Crippen LogP contribution in [0.15, 0.2) is 50.7 Å². The molecule has 0 N–H and O–H groups in total. The lowest BCUT2D eigenvalue weighted by atomic mass is 10.1. The Balaban J connectivity index is 1.34. The topological polar surface area (TPSA) is 81.6 Å². The number of methoxy groups -OCH3 is 1. The lowest BCUT2D eigenvalue weighted by Crippen LogP contribution is -2.28. The van der Waals surface area contributed by atoms with Crippen LogP contribution in [0.1, 0.15) is 28.7 Å². The van der Waals surface area contributed by atoms with Crippen molar-refractivity contribution < 1.29 is 18.5 Å². The number of rotatable bonds is 4. The SMILES string of the molecule is COc1cccc2cc(C(=O)N3CCC(c4noc(-c5cccs5)n4)C3)oc12. The van der Waals surface area contributed by atoms with Gasteiger partial charge in [0, 0.05) is 24.4 Å². The summed E-state index contributed by atoms with van der Waals surface area (Å²) in [5.41, 5.74) is 0.586. The third-order valence-electron chi connectivity index (χ3n) is 4.95. The van der Waals surface area contributed by atoms with Gasteiger partial charge in [0.05, 0.1) is 12.0 Å². The molecule has 0 aliphatic carbocycles. The maximum atomic E-state index is 12.9. The molecule has 142 valence electrons. The fraction of sp³-hybridized carbons (Fsp3) is 0.250. The zero-order valence-electron chi connectivity index (χ0n) is 15.1. The summed E-state index contributed by atoms with van der Waals surface area (Å²) in [6.45, 7) is 1.16. The number of para-hydroxylation sites is 1. The van der Waals surface area contributed by atoms with Crippen molar-refractivity contribution in [2.24, 2.45) is 0 Å². The number of hydrogen-bond donors (Lipinski definition) is 0. The normalized spacial score (nSPS) is 16.8. The zero-order chi connectivity index (χ0) is 19.1. The molecule has 1 fully saturated rings. The van der Waals surface area contributed by atoms with Gasteiger partial charge in [0.2, 0.25) is 0 Å². The highest BCUT2D eigenvalue weighted by Gasteiger charge is 2.32. The molecular formula is C20H17N3O4S. The first-order valence-corrected chi connectivity index (χ1v) is 9.84. The Morgan fingerprint density at radius 2 is 2.25 bits per heavy atom. The number of thiophene rings is 1. The predicted octanol–water partition coefficient (Wildman–Crippen LogP) is 4.18. The van der Waals surface area contributed by atoms with E-state index in [1.807, 2.05) is 35.7 Å². The third kappa shape index (κ3) is 2.86. The minimum absolute atomic E-state index is 0.0559. The van der Waals surface area contributed by atoms with Crippen molar-refractivity contribution in [3.8, 4) is 16.5 Å². The van der Waals surface area contributed by atoms with Gasteiger partial charge in [-0.3, -0.25) is 4.79 Å². The van der Waals surface area contributed by atoms with E-state index in [1.54, 1.807) is 29.4 Å². The van der Waals surface area contributed by atoms with Crippen LogP contribution < -0.4 is 4.74 Å². The van der Waals surface area contributed by atoms with Crippen molar-refractivity contribution in [3.63, 3.8) is 0 Å². The largest absolute Gasteiger partial charge is 0.493 e. The lowest BCUT2D eigenvalue weighted by Gasteiger charge is -2.13. The van der Waals surface area contributed by atoms with E-state index in [9.17, 15) is 4.79 Å². The summed E-state index contributed by atoms with van der Waals surface area (Å²) in [6.07, 6.45) is 0.790. The van der Waals surface area contributed by atoms with Gasteiger partial charge in [-0.25, -0.2) is 0 Å². The molecular weight excluding hydrogens is 378 g/mol. The Morgan fingerprint density at radius 1 is 1.32 bits per heavy atom. The van der Waals surface area contributed by atoms with Gasteiger partial charge in [0.1, 0.15) is 0 Å². The molecule has 8 heteroatoms. The number of ether oxygens (including phenoxy) is 1. The Morgan fingerprint density at radius 3 is 3.07 bits per heavy atom.